The zero-order chi connectivity index (χ0) is 15.5. The summed E-state index contributed by atoms with van der Waals surface area (Å²) in [5.41, 5.74) is 0.641. The van der Waals surface area contributed by atoms with E-state index in [1.807, 2.05) is 18.2 Å². The highest BCUT2D eigenvalue weighted by Gasteiger charge is 2.46. The molecule has 1 aliphatic rings. The molecule has 110 valence electrons. The van der Waals surface area contributed by atoms with Gasteiger partial charge in [0, 0.05) is 0 Å². The predicted molar refractivity (Wildman–Crippen MR) is 82.7 cm³/mol. The summed E-state index contributed by atoms with van der Waals surface area (Å²) in [6, 6.07) is 7.65. The molecule has 1 aromatic carbocycles. The molecular formula is C13H19N2O3PS. The van der Waals surface area contributed by atoms with Crippen LogP contribution in [0.3, 0.4) is 0 Å². The van der Waals surface area contributed by atoms with Crippen molar-refractivity contribution in [2.45, 2.75) is 25.6 Å². The molecule has 0 bridgehead atoms. The van der Waals surface area contributed by atoms with E-state index in [4.69, 9.17) is 22.6 Å². The van der Waals surface area contributed by atoms with Gasteiger partial charge < -0.3 is 19.7 Å². The highest BCUT2D eigenvalue weighted by atomic mass is 32.1. The van der Waals surface area contributed by atoms with Crippen molar-refractivity contribution in [2.75, 3.05) is 13.2 Å². The van der Waals surface area contributed by atoms with Crippen molar-refractivity contribution in [2.24, 2.45) is 0 Å². The van der Waals surface area contributed by atoms with Crippen LogP contribution in [0, 0.1) is 0 Å². The molecule has 0 spiro atoms. The summed E-state index contributed by atoms with van der Waals surface area (Å²) >= 11 is 5.11. The van der Waals surface area contributed by atoms with Crippen LogP contribution >= 0.6 is 19.8 Å². The molecular weight excluding hydrogens is 295 g/mol. The quantitative estimate of drug-likeness (QED) is 0.622. The molecule has 0 radical (unpaired) electrons. The Kier molecular flexibility index (Phi) is 4.68. The molecule has 0 saturated carbocycles. The summed E-state index contributed by atoms with van der Waals surface area (Å²) in [4.78, 5) is 0. The minimum Gasteiger partial charge on any atom is -0.353 e. The van der Waals surface area contributed by atoms with Gasteiger partial charge in [-0.3, -0.25) is 4.57 Å². The van der Waals surface area contributed by atoms with Crippen molar-refractivity contribution in [1.82, 2.24) is 10.6 Å². The van der Waals surface area contributed by atoms with Crippen molar-refractivity contribution in [3.8, 4) is 0 Å². The highest BCUT2D eigenvalue weighted by molar-refractivity contribution is 7.80. The molecule has 1 saturated heterocycles. The van der Waals surface area contributed by atoms with E-state index in [9.17, 15) is 4.57 Å². The van der Waals surface area contributed by atoms with E-state index in [2.05, 4.69) is 10.6 Å². The third kappa shape index (κ3) is 3.20. The standard InChI is InChI=1S/C13H19N2O3PS/c1-3-17-19(16,18-4-2)12-11(14-13(20)15-12)10-8-6-5-7-9-10/h5-9,11-12H,3-4H2,1-2H3,(H2,14,15,20)/t11-,12-/m1/s1/i11D. The molecule has 2 atom stereocenters. The zero-order valence-corrected chi connectivity index (χ0v) is 13.2. The Morgan fingerprint density at radius 2 is 1.85 bits per heavy atom. The van der Waals surface area contributed by atoms with Crippen molar-refractivity contribution in [3.63, 3.8) is 0 Å². The first-order valence-corrected chi connectivity index (χ1v) is 8.51. The second-order valence-electron chi connectivity index (χ2n) is 4.16. The average Bonchev–Trinajstić information content (AvgIpc) is 2.77. The monoisotopic (exact) mass is 315 g/mol. The summed E-state index contributed by atoms with van der Waals surface area (Å²) in [7, 11) is -3.54. The molecule has 1 fully saturated rings. The molecule has 7 heteroatoms. The first kappa shape index (κ1) is 14.0. The molecule has 1 aliphatic heterocycles. The van der Waals surface area contributed by atoms with Crippen molar-refractivity contribution in [1.29, 1.82) is 0 Å². The Bertz CT molecular complexity index is 550. The summed E-state index contributed by atoms with van der Waals surface area (Å²) in [6.07, 6.45) is 0. The van der Waals surface area contributed by atoms with Crippen LogP contribution in [0.4, 0.5) is 0 Å². The Balaban J connectivity index is 2.44. The van der Waals surface area contributed by atoms with Gasteiger partial charge >= 0.3 is 7.60 Å². The highest BCUT2D eigenvalue weighted by Crippen LogP contribution is 2.56. The van der Waals surface area contributed by atoms with Gasteiger partial charge in [0.2, 0.25) is 0 Å². The largest absolute Gasteiger partial charge is 0.355 e. The number of benzene rings is 1. The number of hydrogen-bond acceptors (Lipinski definition) is 4. The fourth-order valence-electron chi connectivity index (χ4n) is 2.05. The van der Waals surface area contributed by atoms with Gasteiger partial charge in [-0.1, -0.05) is 30.3 Å². The summed E-state index contributed by atoms with van der Waals surface area (Å²) in [5.74, 6) is -0.903. The van der Waals surface area contributed by atoms with E-state index in [-0.39, 0.29) is 18.3 Å². The van der Waals surface area contributed by atoms with Gasteiger partial charge in [-0.15, -0.1) is 0 Å². The van der Waals surface area contributed by atoms with Gasteiger partial charge in [-0.2, -0.15) is 0 Å². The molecule has 0 aromatic heterocycles. The third-order valence-electron chi connectivity index (χ3n) is 2.81. The van der Waals surface area contributed by atoms with E-state index in [0.29, 0.717) is 5.56 Å². The van der Waals surface area contributed by atoms with Crippen LogP contribution in [0.25, 0.3) is 0 Å². The fourth-order valence-corrected chi connectivity index (χ4v) is 4.28. The average molecular weight is 315 g/mol. The van der Waals surface area contributed by atoms with Gasteiger partial charge in [0.05, 0.1) is 20.6 Å². The smallest absolute Gasteiger partial charge is 0.353 e. The number of nitrogens with one attached hydrogen (secondary N) is 2. The van der Waals surface area contributed by atoms with Gasteiger partial charge in [-0.25, -0.2) is 0 Å². The fraction of sp³-hybridized carbons (Fsp3) is 0.462. The van der Waals surface area contributed by atoms with Crippen LogP contribution in [0.15, 0.2) is 30.3 Å². The molecule has 0 amide bonds. The van der Waals surface area contributed by atoms with Crippen LogP contribution < -0.4 is 10.6 Å². The van der Waals surface area contributed by atoms with E-state index in [1.165, 1.54) is 0 Å². The van der Waals surface area contributed by atoms with Gasteiger partial charge in [0.15, 0.2) is 10.9 Å². The van der Waals surface area contributed by atoms with Gasteiger partial charge in [0.1, 0.15) is 0 Å². The summed E-state index contributed by atoms with van der Waals surface area (Å²) < 4.78 is 32.5. The van der Waals surface area contributed by atoms with Crippen LogP contribution in [0.2, 0.25) is 0 Å². The van der Waals surface area contributed by atoms with Gasteiger partial charge in [0.25, 0.3) is 0 Å². The topological polar surface area (TPSA) is 59.6 Å². The molecule has 2 N–H and O–H groups in total. The Labute approximate surface area is 126 Å². The lowest BCUT2D eigenvalue weighted by Gasteiger charge is -2.26. The van der Waals surface area contributed by atoms with Crippen LogP contribution in [0.1, 0.15) is 26.8 Å². The Hall–Kier alpha value is -0.940. The minimum absolute atomic E-state index is 0.229. The zero-order valence-electron chi connectivity index (χ0n) is 12.5. The summed E-state index contributed by atoms with van der Waals surface area (Å²) in [5, 5.41) is 6.01. The SMILES string of the molecule is [2H][C@]1(c2ccccc2)NC(=S)N[C@@H]1P(=O)(OCC)OCC. The van der Waals surface area contributed by atoms with E-state index in [1.54, 1.807) is 26.0 Å². The second kappa shape index (κ2) is 6.68. The molecule has 1 heterocycles. The molecule has 0 aliphatic carbocycles. The summed E-state index contributed by atoms with van der Waals surface area (Å²) in [6.45, 7) is 3.93. The van der Waals surface area contributed by atoms with E-state index < -0.39 is 19.4 Å². The van der Waals surface area contributed by atoms with E-state index >= 15 is 0 Å². The first-order chi connectivity index (χ1) is 9.96. The predicted octanol–water partition coefficient (Wildman–Crippen LogP) is 2.80. The maximum Gasteiger partial charge on any atom is 0.355 e. The van der Waals surface area contributed by atoms with Crippen molar-refractivity contribution < 1.29 is 15.0 Å². The molecule has 5 nitrogen and oxygen atoms in total. The van der Waals surface area contributed by atoms with Crippen LogP contribution in [0.5, 0.6) is 0 Å². The lowest BCUT2D eigenvalue weighted by molar-refractivity contribution is 0.207. The number of thiocarbonyl (C=S) groups is 1. The molecule has 0 unspecified atom stereocenters. The number of hydrogen-bond donors (Lipinski definition) is 2. The maximum absolute atomic E-state index is 13.0. The second-order valence-corrected chi connectivity index (χ2v) is 6.68. The molecule has 1 aromatic rings. The lowest BCUT2D eigenvalue weighted by Crippen LogP contribution is -2.29. The van der Waals surface area contributed by atoms with E-state index in [0.717, 1.165) is 0 Å². The normalized spacial score (nSPS) is 26.8. The van der Waals surface area contributed by atoms with Gasteiger partial charge in [-0.05, 0) is 31.6 Å². The van der Waals surface area contributed by atoms with Crippen LogP contribution in [-0.2, 0) is 13.6 Å². The van der Waals surface area contributed by atoms with Crippen LogP contribution in [-0.4, -0.2) is 24.1 Å². The maximum atomic E-state index is 13.0. The Morgan fingerprint density at radius 1 is 1.25 bits per heavy atom. The molecule has 2 rings (SSSR count). The first-order valence-electron chi connectivity index (χ1n) is 6.99. The number of rotatable bonds is 6. The van der Waals surface area contributed by atoms with Crippen molar-refractivity contribution in [3.05, 3.63) is 35.9 Å². The Morgan fingerprint density at radius 3 is 2.40 bits per heavy atom. The molecule has 20 heavy (non-hydrogen) atoms. The third-order valence-corrected chi connectivity index (χ3v) is 5.28. The lowest BCUT2D eigenvalue weighted by atomic mass is 10.1. The minimum atomic E-state index is -3.54. The van der Waals surface area contributed by atoms with Crippen molar-refractivity contribution >= 4 is 24.9 Å².